The molecule has 0 fully saturated rings. The fourth-order valence-electron chi connectivity index (χ4n) is 1.38. The summed E-state index contributed by atoms with van der Waals surface area (Å²) in [6.45, 7) is 10.00. The number of carboxylic acids is 1. The van der Waals surface area contributed by atoms with Crippen molar-refractivity contribution in [3.8, 4) is 5.75 Å². The molecule has 1 aromatic carbocycles. The molecule has 0 aliphatic rings. The number of carboxylic acid groups (broad SMARTS) is 1. The van der Waals surface area contributed by atoms with Gasteiger partial charge >= 0.3 is 5.97 Å². The van der Waals surface area contributed by atoms with Crippen molar-refractivity contribution in [2.45, 2.75) is 43.8 Å². The number of aromatic carboxylic acids is 1. The highest BCUT2D eigenvalue weighted by Crippen LogP contribution is 2.41. The smallest absolute Gasteiger partial charge is 0.339 e. The molecule has 124 valence electrons. The molecule has 0 radical (unpaired) electrons. The van der Waals surface area contributed by atoms with Crippen LogP contribution in [-0.4, -0.2) is 27.8 Å². The fourth-order valence-corrected chi connectivity index (χ4v) is 4.04. The molecule has 9 heteroatoms. The van der Waals surface area contributed by atoms with Gasteiger partial charge in [0, 0.05) is 10.7 Å². The van der Waals surface area contributed by atoms with Crippen LogP contribution in [0.4, 0.5) is 0 Å². The maximum Gasteiger partial charge on any atom is 0.339 e. The SMILES string of the molecule is CC(C)(C)[Si](C)(C)Oc1c(Br)cc(S(=O)(=O)Cl)cc1C(=O)O. The molecule has 0 saturated carbocycles. The molecule has 0 heterocycles. The second-order valence-electron chi connectivity index (χ2n) is 6.39. The molecule has 0 saturated heterocycles. The van der Waals surface area contributed by atoms with E-state index < -0.39 is 23.3 Å². The Morgan fingerprint density at radius 3 is 2.18 bits per heavy atom. The van der Waals surface area contributed by atoms with Crippen LogP contribution in [0.15, 0.2) is 21.5 Å². The van der Waals surface area contributed by atoms with Gasteiger partial charge in [-0.25, -0.2) is 13.2 Å². The molecule has 0 unspecified atom stereocenters. The molecule has 5 nitrogen and oxygen atoms in total. The van der Waals surface area contributed by atoms with Crippen LogP contribution >= 0.6 is 26.6 Å². The molecule has 1 rings (SSSR count). The van der Waals surface area contributed by atoms with Gasteiger partial charge in [0.2, 0.25) is 0 Å². The lowest BCUT2D eigenvalue weighted by atomic mass is 10.2. The van der Waals surface area contributed by atoms with Crippen molar-refractivity contribution < 1.29 is 22.7 Å². The first kappa shape index (κ1) is 19.5. The minimum absolute atomic E-state index is 0.128. The molecule has 0 aliphatic heterocycles. The number of benzene rings is 1. The molecule has 0 spiro atoms. The van der Waals surface area contributed by atoms with Crippen LogP contribution in [-0.2, 0) is 9.05 Å². The van der Waals surface area contributed by atoms with E-state index in [0.29, 0.717) is 0 Å². The second-order valence-corrected chi connectivity index (χ2v) is 14.5. The Balaban J connectivity index is 3.53. The first-order valence-corrected chi connectivity index (χ1v) is 12.4. The van der Waals surface area contributed by atoms with Gasteiger partial charge in [0.1, 0.15) is 11.3 Å². The van der Waals surface area contributed by atoms with Gasteiger partial charge in [0.25, 0.3) is 17.4 Å². The van der Waals surface area contributed by atoms with Crippen LogP contribution in [0.3, 0.4) is 0 Å². The standard InChI is InChI=1S/C13H18BrClO5SSi/c1-13(2,3)22(4,5)20-11-9(12(16)17)6-8(7-10(11)14)21(15,18)19/h6-7H,1-5H3,(H,16,17). The maximum absolute atomic E-state index is 11.5. The van der Waals surface area contributed by atoms with Gasteiger partial charge in [-0.15, -0.1) is 0 Å². The topological polar surface area (TPSA) is 80.7 Å². The second kappa shape index (κ2) is 6.14. The third kappa shape index (κ3) is 4.24. The molecule has 0 bridgehead atoms. The Morgan fingerprint density at radius 2 is 1.82 bits per heavy atom. The van der Waals surface area contributed by atoms with E-state index in [1.54, 1.807) is 0 Å². The first-order chi connectivity index (χ1) is 9.67. The Labute approximate surface area is 144 Å². The zero-order valence-corrected chi connectivity index (χ0v) is 17.1. The number of halogens is 2. The zero-order chi connectivity index (χ0) is 17.5. The van der Waals surface area contributed by atoms with Crippen molar-refractivity contribution in [1.82, 2.24) is 0 Å². The van der Waals surface area contributed by atoms with E-state index in [1.165, 1.54) is 6.07 Å². The molecular weight excluding hydrogens is 412 g/mol. The summed E-state index contributed by atoms with van der Waals surface area (Å²) in [5.74, 6) is -1.15. The Bertz CT molecular complexity index is 710. The monoisotopic (exact) mass is 428 g/mol. The van der Waals surface area contributed by atoms with Gasteiger partial charge in [-0.2, -0.15) is 0 Å². The number of hydrogen-bond acceptors (Lipinski definition) is 4. The summed E-state index contributed by atoms with van der Waals surface area (Å²) >= 11 is 3.19. The predicted octanol–water partition coefficient (Wildman–Crippen LogP) is 4.46. The van der Waals surface area contributed by atoms with Gasteiger partial charge in [0.05, 0.1) is 9.37 Å². The molecule has 1 aromatic rings. The van der Waals surface area contributed by atoms with Gasteiger partial charge in [-0.1, -0.05) is 20.8 Å². The van der Waals surface area contributed by atoms with E-state index in [2.05, 4.69) is 15.9 Å². The van der Waals surface area contributed by atoms with Crippen LogP contribution in [0.2, 0.25) is 18.1 Å². The quantitative estimate of drug-likeness (QED) is 0.564. The summed E-state index contributed by atoms with van der Waals surface area (Å²) in [5.41, 5.74) is -0.238. The number of rotatable bonds is 4. The van der Waals surface area contributed by atoms with Gasteiger partial charge in [-0.3, -0.25) is 0 Å². The lowest BCUT2D eigenvalue weighted by molar-refractivity contribution is 0.0694. The fraction of sp³-hybridized carbons (Fsp3) is 0.462. The summed E-state index contributed by atoms with van der Waals surface area (Å²) in [6.07, 6.45) is 0. The van der Waals surface area contributed by atoms with Crippen molar-refractivity contribution >= 4 is 49.9 Å². The van der Waals surface area contributed by atoms with Crippen LogP contribution in [0.1, 0.15) is 31.1 Å². The number of carbonyl (C=O) groups is 1. The van der Waals surface area contributed by atoms with Gasteiger partial charge in [0.15, 0.2) is 0 Å². The van der Waals surface area contributed by atoms with Gasteiger partial charge < -0.3 is 9.53 Å². The molecule has 0 aromatic heterocycles. The van der Waals surface area contributed by atoms with Crippen molar-refractivity contribution in [3.63, 3.8) is 0 Å². The van der Waals surface area contributed by atoms with E-state index in [1.807, 2.05) is 33.9 Å². The van der Waals surface area contributed by atoms with Gasteiger partial charge in [-0.05, 0) is 46.2 Å². The average molecular weight is 430 g/mol. The van der Waals surface area contributed by atoms with E-state index >= 15 is 0 Å². The summed E-state index contributed by atoms with van der Waals surface area (Å²) in [5, 5.41) is 9.22. The number of hydrogen-bond donors (Lipinski definition) is 1. The van der Waals surface area contributed by atoms with Crippen LogP contribution in [0.5, 0.6) is 5.75 Å². The summed E-state index contributed by atoms with van der Waals surface area (Å²) in [7, 11) is -1.04. The maximum atomic E-state index is 11.5. The molecule has 0 amide bonds. The van der Waals surface area contributed by atoms with Crippen molar-refractivity contribution in [2.24, 2.45) is 0 Å². The lowest BCUT2D eigenvalue weighted by Gasteiger charge is -2.37. The summed E-state index contributed by atoms with van der Waals surface area (Å²) < 4.78 is 29.1. The van der Waals surface area contributed by atoms with Crippen LogP contribution in [0, 0.1) is 0 Å². The normalized spacial score (nSPS) is 13.0. The Kier molecular flexibility index (Phi) is 5.44. The van der Waals surface area contributed by atoms with Crippen molar-refractivity contribution in [3.05, 3.63) is 22.2 Å². The molecule has 0 atom stereocenters. The highest BCUT2D eigenvalue weighted by molar-refractivity contribution is 9.10. The van der Waals surface area contributed by atoms with Crippen molar-refractivity contribution in [1.29, 1.82) is 0 Å². The molecule has 22 heavy (non-hydrogen) atoms. The third-order valence-corrected chi connectivity index (χ3v) is 9.94. The van der Waals surface area contributed by atoms with Crippen molar-refractivity contribution in [2.75, 3.05) is 0 Å². The average Bonchev–Trinajstić information content (AvgIpc) is 2.27. The van der Waals surface area contributed by atoms with Crippen LogP contribution in [0.25, 0.3) is 0 Å². The molecule has 1 N–H and O–H groups in total. The highest BCUT2D eigenvalue weighted by atomic mass is 79.9. The largest absolute Gasteiger partial charge is 0.542 e. The van der Waals surface area contributed by atoms with Crippen LogP contribution < -0.4 is 4.43 Å². The summed E-state index contributed by atoms with van der Waals surface area (Å²) in [6, 6.07) is 2.26. The predicted molar refractivity (Wildman–Crippen MR) is 92.0 cm³/mol. The van der Waals surface area contributed by atoms with E-state index in [-0.39, 0.29) is 25.7 Å². The molecular formula is C13H18BrClO5SSi. The minimum atomic E-state index is -4.04. The Morgan fingerprint density at radius 1 is 1.32 bits per heavy atom. The summed E-state index contributed by atoms with van der Waals surface area (Å²) in [4.78, 5) is 11.2. The molecule has 0 aliphatic carbocycles. The van der Waals surface area contributed by atoms with E-state index in [0.717, 1.165) is 6.07 Å². The highest BCUT2D eigenvalue weighted by Gasteiger charge is 2.40. The Hall–Kier alpha value is -0.573. The lowest BCUT2D eigenvalue weighted by Crippen LogP contribution is -2.44. The van der Waals surface area contributed by atoms with E-state index in [9.17, 15) is 18.3 Å². The first-order valence-electron chi connectivity index (χ1n) is 6.37. The zero-order valence-electron chi connectivity index (χ0n) is 12.9. The minimum Gasteiger partial charge on any atom is -0.542 e. The third-order valence-electron chi connectivity index (χ3n) is 3.69. The van der Waals surface area contributed by atoms with E-state index in [4.69, 9.17) is 15.1 Å².